The average Bonchev–Trinajstić information content (AvgIpc) is 3.30. The van der Waals surface area contributed by atoms with Crippen LogP contribution in [-0.2, 0) is 20.9 Å². The molecule has 0 radical (unpaired) electrons. The zero-order chi connectivity index (χ0) is 32.8. The Morgan fingerprint density at radius 2 is 1.56 bits per heavy atom. The van der Waals surface area contributed by atoms with E-state index in [-0.39, 0.29) is 28.9 Å². The molecule has 0 atom stereocenters. The van der Waals surface area contributed by atoms with Gasteiger partial charge in [0.2, 0.25) is 0 Å². The van der Waals surface area contributed by atoms with Gasteiger partial charge in [0, 0.05) is 31.7 Å². The summed E-state index contributed by atoms with van der Waals surface area (Å²) in [5.41, 5.74) is 1.06. The van der Waals surface area contributed by atoms with Crippen molar-refractivity contribution in [2.45, 2.75) is 124 Å². The number of piperidine rings is 1. The maximum atomic E-state index is 13.6. The fraction of sp³-hybridized carbons (Fsp3) is 0.686. The van der Waals surface area contributed by atoms with Crippen molar-refractivity contribution in [1.82, 2.24) is 9.47 Å². The number of carbonyl (C=O) groups is 2. The predicted octanol–water partition coefficient (Wildman–Crippen LogP) is 7.73. The van der Waals surface area contributed by atoms with Gasteiger partial charge in [0.15, 0.2) is 0 Å². The van der Waals surface area contributed by atoms with Crippen LogP contribution in [0, 0.1) is 24.2 Å². The Hall–Kier alpha value is -2.64. The molecule has 1 aromatic rings. The van der Waals surface area contributed by atoms with Crippen molar-refractivity contribution in [2.24, 2.45) is 5.92 Å². The number of thiocarbonyl (C=S) groups is 1. The summed E-state index contributed by atoms with van der Waals surface area (Å²) >= 11 is 6.94. The molecule has 45 heavy (non-hydrogen) atoms. The van der Waals surface area contributed by atoms with Gasteiger partial charge in [-0.1, -0.05) is 102 Å². The van der Waals surface area contributed by atoms with E-state index in [2.05, 4.69) is 24.8 Å². The molecule has 10 heteroatoms. The van der Waals surface area contributed by atoms with Gasteiger partial charge in [-0.15, -0.1) is 0 Å². The molecule has 1 amide bonds. The minimum absolute atomic E-state index is 0.100. The first kappa shape index (κ1) is 36.8. The maximum absolute atomic E-state index is 13.6. The van der Waals surface area contributed by atoms with Crippen LogP contribution in [-0.4, -0.2) is 51.9 Å². The fourth-order valence-corrected chi connectivity index (χ4v) is 7.47. The van der Waals surface area contributed by atoms with Gasteiger partial charge in [-0.25, -0.2) is 0 Å². The summed E-state index contributed by atoms with van der Waals surface area (Å²) in [4.78, 5) is 44.0. The van der Waals surface area contributed by atoms with Gasteiger partial charge in [-0.3, -0.25) is 23.9 Å². The van der Waals surface area contributed by atoms with Crippen molar-refractivity contribution in [3.8, 4) is 6.07 Å². The van der Waals surface area contributed by atoms with E-state index in [9.17, 15) is 19.6 Å². The predicted molar refractivity (Wildman–Crippen MR) is 188 cm³/mol. The molecule has 0 bridgehead atoms. The quantitative estimate of drug-likeness (QED) is 0.0686. The van der Waals surface area contributed by atoms with Crippen molar-refractivity contribution in [2.75, 3.05) is 31.1 Å². The molecule has 2 fully saturated rings. The fourth-order valence-electron chi connectivity index (χ4n) is 6.18. The third kappa shape index (κ3) is 9.92. The summed E-state index contributed by atoms with van der Waals surface area (Å²) in [6.07, 6.45) is 17.0. The topological polar surface area (TPSA) is 95.6 Å². The highest BCUT2D eigenvalue weighted by molar-refractivity contribution is 8.26. The standard InChI is InChI=1S/C35H52N4O4S2/c1-5-8-10-11-12-13-14-15-16-17-21-39-33(41)30(45-35(39)44)24-28-26(4)29(25-36)32(40)38(20-9-6-2)31(28)37-22-18-27(19-23-37)34(42)43-7-3/h24,27H,5-23H2,1-4H3/b30-24+. The van der Waals surface area contributed by atoms with Gasteiger partial charge in [0.25, 0.3) is 11.5 Å². The van der Waals surface area contributed by atoms with E-state index in [1.165, 1.54) is 63.1 Å². The number of nitriles is 1. The highest BCUT2D eigenvalue weighted by Crippen LogP contribution is 2.37. The Bertz CT molecular complexity index is 1310. The van der Waals surface area contributed by atoms with Gasteiger partial charge >= 0.3 is 5.97 Å². The summed E-state index contributed by atoms with van der Waals surface area (Å²) in [6, 6.07) is 2.13. The largest absolute Gasteiger partial charge is 0.466 e. The normalized spacial score (nSPS) is 16.6. The number of anilines is 1. The molecule has 3 heterocycles. The lowest BCUT2D eigenvalue weighted by Crippen LogP contribution is -2.41. The van der Waals surface area contributed by atoms with Crippen LogP contribution in [0.25, 0.3) is 6.08 Å². The van der Waals surface area contributed by atoms with Crippen molar-refractivity contribution in [3.05, 3.63) is 31.9 Å². The second-order valence-electron chi connectivity index (χ2n) is 12.2. The number of rotatable bonds is 18. The van der Waals surface area contributed by atoms with Crippen LogP contribution in [0.5, 0.6) is 0 Å². The van der Waals surface area contributed by atoms with Crippen LogP contribution in [0.4, 0.5) is 5.82 Å². The molecule has 0 aromatic carbocycles. The van der Waals surface area contributed by atoms with E-state index in [4.69, 9.17) is 17.0 Å². The van der Waals surface area contributed by atoms with Crippen LogP contribution >= 0.6 is 24.0 Å². The number of unbranched alkanes of at least 4 members (excludes halogenated alkanes) is 10. The van der Waals surface area contributed by atoms with E-state index in [0.717, 1.165) is 25.7 Å². The summed E-state index contributed by atoms with van der Waals surface area (Å²) in [6.45, 7) is 10.5. The number of esters is 1. The van der Waals surface area contributed by atoms with Gasteiger partial charge in [0.1, 0.15) is 21.8 Å². The van der Waals surface area contributed by atoms with Gasteiger partial charge in [-0.2, -0.15) is 5.26 Å². The van der Waals surface area contributed by atoms with Gasteiger partial charge < -0.3 is 9.64 Å². The smallest absolute Gasteiger partial charge is 0.309 e. The lowest BCUT2D eigenvalue weighted by molar-refractivity contribution is -0.148. The van der Waals surface area contributed by atoms with Crippen LogP contribution in [0.1, 0.15) is 127 Å². The Labute approximate surface area is 279 Å². The van der Waals surface area contributed by atoms with E-state index >= 15 is 0 Å². The number of amides is 1. The Balaban J connectivity index is 1.80. The van der Waals surface area contributed by atoms with E-state index < -0.39 is 0 Å². The summed E-state index contributed by atoms with van der Waals surface area (Å²) in [5.74, 6) is 0.245. The first-order valence-electron chi connectivity index (χ1n) is 17.1. The van der Waals surface area contributed by atoms with Crippen molar-refractivity contribution >= 4 is 52.1 Å². The minimum Gasteiger partial charge on any atom is -0.466 e. The van der Waals surface area contributed by atoms with Crippen molar-refractivity contribution in [3.63, 3.8) is 0 Å². The van der Waals surface area contributed by atoms with Crippen LogP contribution in [0.15, 0.2) is 9.70 Å². The third-order valence-electron chi connectivity index (χ3n) is 8.88. The monoisotopic (exact) mass is 656 g/mol. The molecule has 0 spiro atoms. The summed E-state index contributed by atoms with van der Waals surface area (Å²) < 4.78 is 7.52. The molecule has 0 aliphatic carbocycles. The lowest BCUT2D eigenvalue weighted by Gasteiger charge is -2.35. The number of pyridine rings is 1. The highest BCUT2D eigenvalue weighted by atomic mass is 32.2. The number of ether oxygens (including phenoxy) is 1. The van der Waals surface area contributed by atoms with E-state index in [0.29, 0.717) is 71.8 Å². The molecule has 3 rings (SSSR count). The van der Waals surface area contributed by atoms with Crippen molar-refractivity contribution < 1.29 is 14.3 Å². The maximum Gasteiger partial charge on any atom is 0.309 e. The molecule has 2 aliphatic heterocycles. The molecule has 2 aliphatic rings. The molecule has 1 aromatic heterocycles. The Morgan fingerprint density at radius 3 is 2.13 bits per heavy atom. The number of aromatic nitrogens is 1. The summed E-state index contributed by atoms with van der Waals surface area (Å²) in [5, 5.41) is 9.99. The van der Waals surface area contributed by atoms with Crippen LogP contribution < -0.4 is 10.5 Å². The first-order valence-corrected chi connectivity index (χ1v) is 18.4. The molecular formula is C35H52N4O4S2. The Morgan fingerprint density at radius 1 is 0.956 bits per heavy atom. The average molecular weight is 657 g/mol. The van der Waals surface area contributed by atoms with Crippen LogP contribution in [0.3, 0.4) is 0 Å². The van der Waals surface area contributed by atoms with E-state index in [1.54, 1.807) is 16.4 Å². The van der Waals surface area contributed by atoms with Crippen molar-refractivity contribution in [1.29, 1.82) is 5.26 Å². The minimum atomic E-state index is -0.309. The molecular weight excluding hydrogens is 605 g/mol. The van der Waals surface area contributed by atoms with E-state index in [1.807, 2.05) is 13.0 Å². The number of hydrogen-bond acceptors (Lipinski definition) is 8. The van der Waals surface area contributed by atoms with Gasteiger partial charge in [-0.05, 0) is 51.2 Å². The lowest BCUT2D eigenvalue weighted by atomic mass is 9.95. The number of hydrogen-bond donors (Lipinski definition) is 0. The Kier molecular flexibility index (Phi) is 15.6. The second-order valence-corrected chi connectivity index (χ2v) is 13.9. The molecule has 0 N–H and O–H groups in total. The number of carbonyl (C=O) groups excluding carboxylic acids is 2. The zero-order valence-corrected chi connectivity index (χ0v) is 29.5. The third-order valence-corrected chi connectivity index (χ3v) is 10.3. The first-order chi connectivity index (χ1) is 21.8. The molecule has 248 valence electrons. The number of nitrogens with zero attached hydrogens (tertiary/aromatic N) is 4. The molecule has 2 saturated heterocycles. The van der Waals surface area contributed by atoms with Gasteiger partial charge in [0.05, 0.1) is 17.4 Å². The zero-order valence-electron chi connectivity index (χ0n) is 27.8. The molecule has 8 nitrogen and oxygen atoms in total. The molecule has 0 saturated carbocycles. The second kappa shape index (κ2) is 19.1. The van der Waals surface area contributed by atoms with Crippen LogP contribution in [0.2, 0.25) is 0 Å². The SMILES string of the molecule is CCCCCCCCCCCCN1C(=O)/C(=C\c2c(C)c(C#N)c(=O)n(CCCC)c2N2CCC(C(=O)OCC)CC2)SC1=S. The molecule has 0 unspecified atom stereocenters. The highest BCUT2D eigenvalue weighted by Gasteiger charge is 2.34. The number of thioether (sulfide) groups is 1. The summed E-state index contributed by atoms with van der Waals surface area (Å²) in [7, 11) is 0.